The molecule has 0 unspecified atom stereocenters. The average Bonchev–Trinajstić information content (AvgIpc) is 2.75. The van der Waals surface area contributed by atoms with Gasteiger partial charge in [-0.1, -0.05) is 0 Å². The van der Waals surface area contributed by atoms with E-state index < -0.39 is 10.0 Å². The monoisotopic (exact) mass is 286 g/mol. The lowest BCUT2D eigenvalue weighted by molar-refractivity contribution is 0.586. The molecule has 0 amide bonds. The molecule has 2 aromatic heterocycles. The van der Waals surface area contributed by atoms with Crippen LogP contribution < -0.4 is 10.0 Å². The summed E-state index contributed by atoms with van der Waals surface area (Å²) < 4.78 is 24.1. The summed E-state index contributed by atoms with van der Waals surface area (Å²) in [5, 5.41) is 6.15. The molecule has 0 aromatic carbocycles. The summed E-state index contributed by atoms with van der Waals surface area (Å²) in [6.07, 6.45) is 3.37. The van der Waals surface area contributed by atoms with Crippen molar-refractivity contribution in [1.29, 1.82) is 0 Å². The van der Waals surface area contributed by atoms with Crippen molar-refractivity contribution < 1.29 is 8.42 Å². The quantitative estimate of drug-likeness (QED) is 0.775. The summed E-state index contributed by atoms with van der Waals surface area (Å²) in [6.45, 7) is 1.08. The van der Waals surface area contributed by atoms with Crippen molar-refractivity contribution in [1.82, 2.24) is 14.7 Å². The highest BCUT2D eigenvalue weighted by molar-refractivity contribution is 7.88. The molecule has 0 aliphatic rings. The molecule has 0 spiro atoms. The number of anilines is 1. The van der Waals surface area contributed by atoms with Gasteiger partial charge in [0.05, 0.1) is 11.6 Å². The number of sulfonamides is 1. The van der Waals surface area contributed by atoms with Gasteiger partial charge in [-0.3, -0.25) is 0 Å². The first-order valence-electron chi connectivity index (χ1n) is 5.43. The molecular weight excluding hydrogens is 272 g/mol. The Kier molecular flexibility index (Phi) is 4.10. The minimum absolute atomic E-state index is 0.420. The van der Waals surface area contributed by atoms with E-state index in [0.29, 0.717) is 19.5 Å². The lowest BCUT2D eigenvalue weighted by Gasteiger charge is -2.06. The van der Waals surface area contributed by atoms with Gasteiger partial charge in [-0.25, -0.2) is 23.1 Å². The van der Waals surface area contributed by atoms with Crippen LogP contribution in [-0.2, 0) is 10.0 Å². The van der Waals surface area contributed by atoms with Gasteiger partial charge in [0.15, 0.2) is 0 Å². The van der Waals surface area contributed by atoms with Crippen LogP contribution in [0, 0.1) is 0 Å². The number of nitrogens with one attached hydrogen (secondary N) is 2. The van der Waals surface area contributed by atoms with E-state index in [1.165, 1.54) is 6.33 Å². The molecule has 0 saturated heterocycles. The molecule has 0 radical (unpaired) electrons. The van der Waals surface area contributed by atoms with Crippen LogP contribution in [0.3, 0.4) is 0 Å². The van der Waals surface area contributed by atoms with Gasteiger partial charge < -0.3 is 5.32 Å². The van der Waals surface area contributed by atoms with Crippen LogP contribution in [0.2, 0.25) is 0 Å². The summed E-state index contributed by atoms with van der Waals surface area (Å²) in [6, 6.07) is 1.97. The Hall–Kier alpha value is -1.25. The molecule has 98 valence electrons. The predicted molar refractivity (Wildman–Crippen MR) is 73.4 cm³/mol. The van der Waals surface area contributed by atoms with Gasteiger partial charge >= 0.3 is 0 Å². The maximum atomic E-state index is 10.9. The molecule has 2 aromatic rings. The van der Waals surface area contributed by atoms with Gasteiger partial charge in [0, 0.05) is 13.1 Å². The lowest BCUT2D eigenvalue weighted by Crippen LogP contribution is -2.24. The Morgan fingerprint density at radius 3 is 2.94 bits per heavy atom. The maximum absolute atomic E-state index is 10.9. The highest BCUT2D eigenvalue weighted by Gasteiger charge is 2.04. The molecule has 0 bridgehead atoms. The van der Waals surface area contributed by atoms with E-state index in [2.05, 4.69) is 20.0 Å². The fraction of sp³-hybridized carbons (Fsp3) is 0.400. The Labute approximate surface area is 110 Å². The van der Waals surface area contributed by atoms with Crippen molar-refractivity contribution in [2.24, 2.45) is 0 Å². The summed E-state index contributed by atoms with van der Waals surface area (Å²) in [4.78, 5) is 9.27. The zero-order valence-corrected chi connectivity index (χ0v) is 11.5. The Morgan fingerprint density at radius 1 is 1.33 bits per heavy atom. The molecule has 18 heavy (non-hydrogen) atoms. The van der Waals surface area contributed by atoms with Gasteiger partial charge in [-0.15, -0.1) is 11.3 Å². The molecule has 0 aliphatic heterocycles. The third-order valence-electron chi connectivity index (χ3n) is 2.27. The largest absolute Gasteiger partial charge is 0.369 e. The van der Waals surface area contributed by atoms with Crippen molar-refractivity contribution >= 4 is 37.4 Å². The van der Waals surface area contributed by atoms with Crippen molar-refractivity contribution in [3.63, 3.8) is 0 Å². The van der Waals surface area contributed by atoms with Gasteiger partial charge in [0.1, 0.15) is 17.0 Å². The van der Waals surface area contributed by atoms with E-state index in [4.69, 9.17) is 0 Å². The van der Waals surface area contributed by atoms with Crippen molar-refractivity contribution in [2.75, 3.05) is 24.7 Å². The van der Waals surface area contributed by atoms with Crippen LogP contribution in [0.15, 0.2) is 17.8 Å². The van der Waals surface area contributed by atoms with Crippen LogP contribution in [0.4, 0.5) is 5.82 Å². The Bertz CT molecular complexity index is 624. The van der Waals surface area contributed by atoms with E-state index in [1.54, 1.807) is 11.3 Å². The smallest absolute Gasteiger partial charge is 0.208 e. The van der Waals surface area contributed by atoms with E-state index in [1.807, 2.05) is 11.4 Å². The highest BCUT2D eigenvalue weighted by atomic mass is 32.2. The number of hydrogen-bond donors (Lipinski definition) is 2. The standard InChI is InChI=1S/C10H14N4O2S2/c1-18(15,16)14-5-2-4-11-9-8-3-6-17-10(8)13-7-12-9/h3,6-7,14H,2,4-5H2,1H3,(H,11,12,13). The molecule has 0 aliphatic carbocycles. The van der Waals surface area contributed by atoms with E-state index in [0.717, 1.165) is 22.3 Å². The summed E-state index contributed by atoms with van der Waals surface area (Å²) >= 11 is 1.57. The van der Waals surface area contributed by atoms with Crippen LogP contribution in [-0.4, -0.2) is 37.7 Å². The van der Waals surface area contributed by atoms with Crippen LogP contribution in [0.5, 0.6) is 0 Å². The maximum Gasteiger partial charge on any atom is 0.208 e. The number of hydrogen-bond acceptors (Lipinski definition) is 6. The lowest BCUT2D eigenvalue weighted by atomic mass is 10.3. The minimum atomic E-state index is -3.10. The topological polar surface area (TPSA) is 84.0 Å². The molecule has 2 heterocycles. The number of fused-ring (bicyclic) bond motifs is 1. The molecule has 0 atom stereocenters. The van der Waals surface area contributed by atoms with Gasteiger partial charge in [-0.2, -0.15) is 0 Å². The van der Waals surface area contributed by atoms with Gasteiger partial charge in [-0.05, 0) is 17.9 Å². The molecule has 8 heteroatoms. The fourth-order valence-electron chi connectivity index (χ4n) is 1.48. The van der Waals surface area contributed by atoms with Crippen LogP contribution >= 0.6 is 11.3 Å². The van der Waals surface area contributed by atoms with E-state index in [-0.39, 0.29) is 0 Å². The van der Waals surface area contributed by atoms with Crippen molar-refractivity contribution in [2.45, 2.75) is 6.42 Å². The second-order valence-corrected chi connectivity index (χ2v) is 6.54. The summed E-state index contributed by atoms with van der Waals surface area (Å²) in [7, 11) is -3.10. The molecule has 2 rings (SSSR count). The molecule has 0 saturated carbocycles. The number of rotatable bonds is 6. The first-order valence-corrected chi connectivity index (χ1v) is 8.20. The average molecular weight is 286 g/mol. The third kappa shape index (κ3) is 3.62. The third-order valence-corrected chi connectivity index (χ3v) is 3.82. The zero-order valence-electron chi connectivity index (χ0n) is 9.88. The first-order chi connectivity index (χ1) is 8.56. The first kappa shape index (κ1) is 13.2. The highest BCUT2D eigenvalue weighted by Crippen LogP contribution is 2.23. The molecule has 6 nitrogen and oxygen atoms in total. The molecular formula is C10H14N4O2S2. The van der Waals surface area contributed by atoms with E-state index >= 15 is 0 Å². The fourth-order valence-corrected chi connectivity index (χ4v) is 2.73. The number of aromatic nitrogens is 2. The predicted octanol–water partition coefficient (Wildman–Crippen LogP) is 1.04. The summed E-state index contributed by atoms with van der Waals surface area (Å²) in [5.41, 5.74) is 0. The number of thiophene rings is 1. The number of nitrogens with zero attached hydrogens (tertiary/aromatic N) is 2. The Morgan fingerprint density at radius 2 is 2.17 bits per heavy atom. The normalized spacial score (nSPS) is 11.8. The van der Waals surface area contributed by atoms with Crippen molar-refractivity contribution in [3.05, 3.63) is 17.8 Å². The van der Waals surface area contributed by atoms with Crippen molar-refractivity contribution in [3.8, 4) is 0 Å². The van der Waals surface area contributed by atoms with E-state index in [9.17, 15) is 8.42 Å². The summed E-state index contributed by atoms with van der Waals surface area (Å²) in [5.74, 6) is 0.792. The van der Waals surface area contributed by atoms with Gasteiger partial charge in [0.25, 0.3) is 0 Å². The molecule has 2 N–H and O–H groups in total. The van der Waals surface area contributed by atoms with Crippen LogP contribution in [0.25, 0.3) is 10.2 Å². The zero-order chi connectivity index (χ0) is 13.0. The second kappa shape index (κ2) is 5.59. The van der Waals surface area contributed by atoms with Crippen LogP contribution in [0.1, 0.15) is 6.42 Å². The SMILES string of the molecule is CS(=O)(=O)NCCCNc1ncnc2sccc12. The molecule has 0 fully saturated rings. The minimum Gasteiger partial charge on any atom is -0.369 e. The van der Waals surface area contributed by atoms with Gasteiger partial charge in [0.2, 0.25) is 10.0 Å². The Balaban J connectivity index is 1.85. The second-order valence-electron chi connectivity index (χ2n) is 3.81.